The average molecular weight is 669 g/mol. The molecule has 2 heterocycles. The highest BCUT2D eigenvalue weighted by Crippen LogP contribution is 2.46. The molecule has 0 nitrogen and oxygen atoms in total. The first-order valence-corrected chi connectivity index (χ1v) is 18.7. The van der Waals surface area contributed by atoms with Gasteiger partial charge in [-0.05, 0) is 119 Å². The monoisotopic (exact) mass is 668 g/mol. The Morgan fingerprint density at radius 2 is 0.700 bits per heavy atom. The normalized spacial score (nSPS) is 12.0. The fourth-order valence-electron chi connectivity index (χ4n) is 7.88. The molecule has 0 N–H and O–H groups in total. The molecule has 0 saturated heterocycles. The van der Waals surface area contributed by atoms with Crippen LogP contribution < -0.4 is 0 Å². The standard InChI is InChI=1S/C48H28S2/c1-2-8-29(9-3-1)39-20-21-40(42-13-7-6-12-41(39)42)37-19-18-33-22-32(14-15-34(33)23-37)35-16-17-36-26-44-46(28-38(36)24-35)50-47-43-25-30-10-4-5-11-31(30)27-45(43)49-48(44)47/h1-28H. The van der Waals surface area contributed by atoms with Crippen molar-refractivity contribution in [2.45, 2.75) is 0 Å². The van der Waals surface area contributed by atoms with Gasteiger partial charge >= 0.3 is 0 Å². The quantitative estimate of drug-likeness (QED) is 0.176. The molecule has 0 fully saturated rings. The molecule has 0 bridgehead atoms. The zero-order chi connectivity index (χ0) is 32.8. The van der Waals surface area contributed by atoms with Crippen LogP contribution in [0.2, 0.25) is 0 Å². The Kier molecular flexibility index (Phi) is 6.09. The topological polar surface area (TPSA) is 0 Å². The van der Waals surface area contributed by atoms with E-state index < -0.39 is 0 Å². The first kappa shape index (κ1) is 28.1. The molecule has 0 amide bonds. The van der Waals surface area contributed by atoms with Crippen molar-refractivity contribution in [3.05, 3.63) is 170 Å². The summed E-state index contributed by atoms with van der Waals surface area (Å²) < 4.78 is 5.56. The summed E-state index contributed by atoms with van der Waals surface area (Å²) in [6.07, 6.45) is 0. The summed E-state index contributed by atoms with van der Waals surface area (Å²) in [5, 5.41) is 13.0. The van der Waals surface area contributed by atoms with Gasteiger partial charge in [-0.25, -0.2) is 0 Å². The lowest BCUT2D eigenvalue weighted by Gasteiger charge is -2.13. The minimum absolute atomic E-state index is 1.24. The number of hydrogen-bond acceptors (Lipinski definition) is 2. The van der Waals surface area contributed by atoms with E-state index in [1.807, 2.05) is 22.7 Å². The predicted octanol–water partition coefficient (Wildman–Crippen LogP) is 14.9. The molecule has 0 radical (unpaired) electrons. The van der Waals surface area contributed by atoms with Gasteiger partial charge in [-0.1, -0.05) is 127 Å². The Bertz CT molecular complexity index is 3140. The molecular formula is C48H28S2. The van der Waals surface area contributed by atoms with Crippen LogP contribution in [-0.4, -0.2) is 0 Å². The maximum Gasteiger partial charge on any atom is 0.0542 e. The molecule has 50 heavy (non-hydrogen) atoms. The summed E-state index contributed by atoms with van der Waals surface area (Å²) in [5.74, 6) is 0. The molecular weight excluding hydrogens is 641 g/mol. The predicted molar refractivity (Wildman–Crippen MR) is 221 cm³/mol. The molecule has 11 rings (SSSR count). The minimum atomic E-state index is 1.24. The Hall–Kier alpha value is -5.80. The van der Waals surface area contributed by atoms with E-state index in [4.69, 9.17) is 0 Å². The molecule has 2 heteroatoms. The number of hydrogen-bond donors (Lipinski definition) is 0. The van der Waals surface area contributed by atoms with Gasteiger partial charge in [-0.2, -0.15) is 0 Å². The first-order chi connectivity index (χ1) is 24.7. The van der Waals surface area contributed by atoms with E-state index in [1.54, 1.807) is 0 Å². The average Bonchev–Trinajstić information content (AvgIpc) is 3.70. The van der Waals surface area contributed by atoms with Crippen LogP contribution in [0.3, 0.4) is 0 Å². The molecule has 0 aliphatic rings. The summed E-state index contributed by atoms with van der Waals surface area (Å²) in [5.41, 5.74) is 7.52. The Morgan fingerprint density at radius 1 is 0.260 bits per heavy atom. The van der Waals surface area contributed by atoms with E-state index >= 15 is 0 Å². The second kappa shape index (κ2) is 10.9. The summed E-state index contributed by atoms with van der Waals surface area (Å²) in [4.78, 5) is 0. The number of fused-ring (bicyclic) bond motifs is 9. The zero-order valence-electron chi connectivity index (χ0n) is 27.0. The minimum Gasteiger partial charge on any atom is -0.134 e. The third kappa shape index (κ3) is 4.36. The summed E-state index contributed by atoms with van der Waals surface area (Å²) in [7, 11) is 0. The van der Waals surface area contributed by atoms with Crippen LogP contribution in [0.1, 0.15) is 0 Å². The van der Waals surface area contributed by atoms with Crippen LogP contribution in [0.25, 0.3) is 106 Å². The number of rotatable bonds is 3. The Labute approximate surface area is 297 Å². The third-order valence-corrected chi connectivity index (χ3v) is 12.9. The van der Waals surface area contributed by atoms with Crippen molar-refractivity contribution in [3.8, 4) is 33.4 Å². The van der Waals surface area contributed by atoms with Gasteiger partial charge in [0.2, 0.25) is 0 Å². The Morgan fingerprint density at radius 3 is 1.34 bits per heavy atom. The van der Waals surface area contributed by atoms with Crippen molar-refractivity contribution in [1.29, 1.82) is 0 Å². The van der Waals surface area contributed by atoms with Crippen LogP contribution in [0.15, 0.2) is 170 Å². The molecule has 9 aromatic carbocycles. The molecule has 0 unspecified atom stereocenters. The van der Waals surface area contributed by atoms with E-state index in [2.05, 4.69) is 170 Å². The van der Waals surface area contributed by atoms with Gasteiger partial charge in [0.05, 0.1) is 9.40 Å². The highest BCUT2D eigenvalue weighted by atomic mass is 32.1. The van der Waals surface area contributed by atoms with Crippen LogP contribution in [0.4, 0.5) is 0 Å². The maximum atomic E-state index is 2.40. The lowest BCUT2D eigenvalue weighted by atomic mass is 9.91. The zero-order valence-corrected chi connectivity index (χ0v) is 28.6. The van der Waals surface area contributed by atoms with Gasteiger partial charge in [-0.3, -0.25) is 0 Å². The van der Waals surface area contributed by atoms with Gasteiger partial charge in [0, 0.05) is 20.2 Å². The summed E-state index contributed by atoms with van der Waals surface area (Å²) in [6.45, 7) is 0. The molecule has 0 saturated carbocycles. The molecule has 0 spiro atoms. The molecule has 2 aromatic heterocycles. The van der Waals surface area contributed by atoms with E-state index in [0.717, 1.165) is 0 Å². The van der Waals surface area contributed by atoms with Gasteiger partial charge in [0.25, 0.3) is 0 Å². The van der Waals surface area contributed by atoms with Crippen molar-refractivity contribution in [2.75, 3.05) is 0 Å². The lowest BCUT2D eigenvalue weighted by molar-refractivity contribution is 1.63. The molecule has 0 aliphatic carbocycles. The lowest BCUT2D eigenvalue weighted by Crippen LogP contribution is -1.87. The van der Waals surface area contributed by atoms with E-state index in [1.165, 1.54) is 106 Å². The highest BCUT2D eigenvalue weighted by molar-refractivity contribution is 7.36. The molecule has 0 atom stereocenters. The fraction of sp³-hybridized carbons (Fsp3) is 0. The van der Waals surface area contributed by atoms with Crippen molar-refractivity contribution in [3.63, 3.8) is 0 Å². The molecule has 232 valence electrons. The number of thiophene rings is 2. The van der Waals surface area contributed by atoms with Crippen LogP contribution in [-0.2, 0) is 0 Å². The summed E-state index contributed by atoms with van der Waals surface area (Å²) in [6, 6.07) is 63.0. The van der Waals surface area contributed by atoms with Crippen molar-refractivity contribution in [1.82, 2.24) is 0 Å². The Balaban J connectivity index is 0.969. The SMILES string of the molecule is c1ccc(-c2ccc(-c3ccc4cc(-c5ccc6cc7c(cc6c5)sc5c6cc8ccccc8cc6sc75)ccc4c3)c3ccccc23)cc1. The van der Waals surface area contributed by atoms with E-state index in [-0.39, 0.29) is 0 Å². The van der Waals surface area contributed by atoms with Crippen molar-refractivity contribution in [2.24, 2.45) is 0 Å². The van der Waals surface area contributed by atoms with Crippen LogP contribution >= 0.6 is 22.7 Å². The summed E-state index contributed by atoms with van der Waals surface area (Å²) >= 11 is 3.87. The van der Waals surface area contributed by atoms with Gasteiger partial charge in [-0.15, -0.1) is 22.7 Å². The van der Waals surface area contributed by atoms with Gasteiger partial charge < -0.3 is 0 Å². The van der Waals surface area contributed by atoms with Crippen LogP contribution in [0, 0.1) is 0 Å². The molecule has 0 aliphatic heterocycles. The first-order valence-electron chi connectivity index (χ1n) is 17.1. The van der Waals surface area contributed by atoms with Crippen molar-refractivity contribution < 1.29 is 0 Å². The van der Waals surface area contributed by atoms with Crippen molar-refractivity contribution >= 4 is 95.3 Å². The van der Waals surface area contributed by atoms with Gasteiger partial charge in [0.15, 0.2) is 0 Å². The largest absolute Gasteiger partial charge is 0.134 e. The second-order valence-electron chi connectivity index (χ2n) is 13.3. The van der Waals surface area contributed by atoms with Gasteiger partial charge in [0.1, 0.15) is 0 Å². The second-order valence-corrected chi connectivity index (χ2v) is 15.4. The maximum absolute atomic E-state index is 2.40. The highest BCUT2D eigenvalue weighted by Gasteiger charge is 2.15. The third-order valence-electron chi connectivity index (χ3n) is 10.4. The van der Waals surface area contributed by atoms with E-state index in [9.17, 15) is 0 Å². The van der Waals surface area contributed by atoms with Crippen LogP contribution in [0.5, 0.6) is 0 Å². The molecule has 11 aromatic rings. The number of benzene rings is 9. The fourth-order valence-corrected chi connectivity index (χ4v) is 10.6. The van der Waals surface area contributed by atoms with E-state index in [0.29, 0.717) is 0 Å². The smallest absolute Gasteiger partial charge is 0.0542 e.